The standard InChI is InChI=1S/C10H18O/c1-9(2)5-4-6-10(3)7-8-11/h5,8,10H,4,6-7H2,1-3H3/i7D. The first kappa shape index (κ1) is 8.51. The average molecular weight is 155 g/mol. The highest BCUT2D eigenvalue weighted by molar-refractivity contribution is 5.49. The van der Waals surface area contributed by atoms with Crippen LogP contribution in [0.25, 0.3) is 0 Å². The van der Waals surface area contributed by atoms with Gasteiger partial charge in [0.05, 0.1) is 0 Å². The van der Waals surface area contributed by atoms with Gasteiger partial charge in [-0.25, -0.2) is 0 Å². The molecule has 0 amide bonds. The Labute approximate surface area is 70.9 Å². The van der Waals surface area contributed by atoms with E-state index >= 15 is 0 Å². The monoisotopic (exact) mass is 155 g/mol. The average Bonchev–Trinajstić information content (AvgIpc) is 2.02. The molecule has 0 heterocycles. The van der Waals surface area contributed by atoms with Crippen LogP contribution in [0.3, 0.4) is 0 Å². The lowest BCUT2D eigenvalue weighted by molar-refractivity contribution is -0.108. The van der Waals surface area contributed by atoms with E-state index in [1.165, 1.54) is 5.57 Å². The number of allylic oxidation sites excluding steroid dienone is 2. The molecule has 1 nitrogen and oxygen atoms in total. The van der Waals surface area contributed by atoms with Crippen LogP contribution in [0.1, 0.15) is 41.4 Å². The third-order valence-corrected chi connectivity index (χ3v) is 1.58. The molecule has 0 aliphatic carbocycles. The second-order valence-corrected chi connectivity index (χ2v) is 3.16. The number of carbonyl (C=O) groups excluding carboxylic acids is 1. The molecule has 0 spiro atoms. The summed E-state index contributed by atoms with van der Waals surface area (Å²) in [5.74, 6) is 0.179. The van der Waals surface area contributed by atoms with Crippen molar-refractivity contribution in [1.82, 2.24) is 0 Å². The fourth-order valence-corrected chi connectivity index (χ4v) is 0.865. The van der Waals surface area contributed by atoms with Crippen molar-refractivity contribution in [3.8, 4) is 0 Å². The maximum Gasteiger partial charge on any atom is 0.120 e. The first-order chi connectivity index (χ1) is 5.57. The van der Waals surface area contributed by atoms with E-state index in [0.717, 1.165) is 12.8 Å². The quantitative estimate of drug-likeness (QED) is 0.440. The molecule has 0 saturated heterocycles. The largest absolute Gasteiger partial charge is 0.303 e. The normalized spacial score (nSPS) is 16.5. The van der Waals surface area contributed by atoms with Crippen molar-refractivity contribution in [2.75, 3.05) is 0 Å². The molecule has 2 unspecified atom stereocenters. The molecule has 1 heteroatoms. The maximum atomic E-state index is 10.2. The smallest absolute Gasteiger partial charge is 0.120 e. The Kier molecular flexibility index (Phi) is 4.75. The molecule has 2 atom stereocenters. The molecule has 0 saturated carbocycles. The molecule has 0 fully saturated rings. The highest BCUT2D eigenvalue weighted by atomic mass is 16.1. The molecule has 11 heavy (non-hydrogen) atoms. The third-order valence-electron chi connectivity index (χ3n) is 1.58. The van der Waals surface area contributed by atoms with Crippen LogP contribution in [-0.4, -0.2) is 6.29 Å². The van der Waals surface area contributed by atoms with Crippen molar-refractivity contribution >= 4 is 6.29 Å². The Bertz CT molecular complexity index is 159. The summed E-state index contributed by atoms with van der Waals surface area (Å²) in [6, 6.07) is 0. The molecule has 0 aliphatic heterocycles. The lowest BCUT2D eigenvalue weighted by Crippen LogP contribution is -1.93. The second-order valence-electron chi connectivity index (χ2n) is 3.16. The minimum atomic E-state index is -0.546. The minimum Gasteiger partial charge on any atom is -0.303 e. The third kappa shape index (κ3) is 7.31. The number of hydrogen-bond donors (Lipinski definition) is 0. The van der Waals surface area contributed by atoms with E-state index in [-0.39, 0.29) is 5.92 Å². The van der Waals surface area contributed by atoms with Gasteiger partial charge in [-0.1, -0.05) is 18.6 Å². The highest BCUT2D eigenvalue weighted by Gasteiger charge is 1.98. The SMILES string of the molecule is [2H]C(C=O)C(C)CCC=C(C)C. The van der Waals surface area contributed by atoms with Crippen molar-refractivity contribution in [3.05, 3.63) is 11.6 Å². The van der Waals surface area contributed by atoms with Crippen molar-refractivity contribution in [1.29, 1.82) is 0 Å². The molecule has 0 aromatic heterocycles. The molecule has 0 aliphatic rings. The number of carbonyl (C=O) groups is 1. The summed E-state index contributed by atoms with van der Waals surface area (Å²) >= 11 is 0. The van der Waals surface area contributed by atoms with Crippen molar-refractivity contribution in [3.63, 3.8) is 0 Å². The van der Waals surface area contributed by atoms with E-state index in [0.29, 0.717) is 6.29 Å². The lowest BCUT2D eigenvalue weighted by atomic mass is 10.0. The van der Waals surface area contributed by atoms with Gasteiger partial charge in [0.15, 0.2) is 0 Å². The zero-order valence-corrected chi connectivity index (χ0v) is 7.63. The fourth-order valence-electron chi connectivity index (χ4n) is 0.865. The van der Waals surface area contributed by atoms with E-state index in [9.17, 15) is 4.79 Å². The summed E-state index contributed by atoms with van der Waals surface area (Å²) in [5, 5.41) is 0. The van der Waals surface area contributed by atoms with Gasteiger partial charge in [0, 0.05) is 7.77 Å². The van der Waals surface area contributed by atoms with Crippen LogP contribution in [0.4, 0.5) is 0 Å². The molecule has 0 rings (SSSR count). The van der Waals surface area contributed by atoms with Crippen LogP contribution in [0, 0.1) is 5.92 Å². The Balaban J connectivity index is 3.63. The molecule has 0 aromatic carbocycles. The molecule has 64 valence electrons. The van der Waals surface area contributed by atoms with Crippen molar-refractivity contribution in [2.45, 2.75) is 40.0 Å². The summed E-state index contributed by atoms with van der Waals surface area (Å²) in [6.45, 7) is 6.07. The van der Waals surface area contributed by atoms with Gasteiger partial charge in [0.25, 0.3) is 0 Å². The number of rotatable bonds is 5. The first-order valence-electron chi connectivity index (χ1n) is 4.66. The van der Waals surface area contributed by atoms with Crippen molar-refractivity contribution in [2.24, 2.45) is 5.92 Å². The lowest BCUT2D eigenvalue weighted by Gasteiger charge is -2.03. The molecule has 0 bridgehead atoms. The summed E-state index contributed by atoms with van der Waals surface area (Å²) in [6.07, 6.45) is 4.22. The summed E-state index contributed by atoms with van der Waals surface area (Å²) < 4.78 is 7.32. The van der Waals surface area contributed by atoms with E-state index in [4.69, 9.17) is 1.37 Å². The molecular formula is C10H18O. The second kappa shape index (κ2) is 6.14. The Hall–Kier alpha value is -0.590. The predicted molar refractivity (Wildman–Crippen MR) is 48.5 cm³/mol. The van der Waals surface area contributed by atoms with Gasteiger partial charge in [-0.3, -0.25) is 0 Å². The van der Waals surface area contributed by atoms with Gasteiger partial charge in [0.1, 0.15) is 6.29 Å². The van der Waals surface area contributed by atoms with Crippen LogP contribution in [0.15, 0.2) is 11.6 Å². The van der Waals surface area contributed by atoms with Crippen LogP contribution in [0.2, 0.25) is 0 Å². The van der Waals surface area contributed by atoms with Crippen LogP contribution < -0.4 is 0 Å². The maximum absolute atomic E-state index is 10.2. The number of aldehydes is 1. The predicted octanol–water partition coefficient (Wildman–Crippen LogP) is 2.96. The molecule has 0 N–H and O–H groups in total. The van der Waals surface area contributed by atoms with Gasteiger partial charge in [-0.2, -0.15) is 0 Å². The van der Waals surface area contributed by atoms with Crippen LogP contribution in [0.5, 0.6) is 0 Å². The summed E-state index contributed by atoms with van der Waals surface area (Å²) in [5.41, 5.74) is 1.30. The molecule has 0 radical (unpaired) electrons. The zero-order valence-electron chi connectivity index (χ0n) is 8.63. The zero-order chi connectivity index (χ0) is 9.56. The van der Waals surface area contributed by atoms with E-state index in [1.54, 1.807) is 0 Å². The minimum absolute atomic E-state index is 0.179. The molecule has 0 aromatic rings. The van der Waals surface area contributed by atoms with Crippen molar-refractivity contribution < 1.29 is 6.17 Å². The van der Waals surface area contributed by atoms with E-state index in [1.807, 2.05) is 6.92 Å². The van der Waals surface area contributed by atoms with E-state index in [2.05, 4.69) is 19.9 Å². The highest BCUT2D eigenvalue weighted by Crippen LogP contribution is 2.09. The fraction of sp³-hybridized carbons (Fsp3) is 0.700. The Morgan fingerprint density at radius 3 is 2.73 bits per heavy atom. The van der Waals surface area contributed by atoms with Crippen LogP contribution >= 0.6 is 0 Å². The van der Waals surface area contributed by atoms with Gasteiger partial charge in [0.2, 0.25) is 0 Å². The van der Waals surface area contributed by atoms with Gasteiger partial charge < -0.3 is 4.79 Å². The Morgan fingerprint density at radius 1 is 1.64 bits per heavy atom. The topological polar surface area (TPSA) is 17.1 Å². The summed E-state index contributed by atoms with van der Waals surface area (Å²) in [7, 11) is 0. The Morgan fingerprint density at radius 2 is 2.27 bits per heavy atom. The van der Waals surface area contributed by atoms with Crippen LogP contribution in [-0.2, 0) is 4.79 Å². The first-order valence-corrected chi connectivity index (χ1v) is 4.08. The van der Waals surface area contributed by atoms with Gasteiger partial charge >= 0.3 is 0 Å². The van der Waals surface area contributed by atoms with Gasteiger partial charge in [-0.05, 0) is 32.6 Å². The van der Waals surface area contributed by atoms with E-state index < -0.39 is 6.40 Å². The molecular weight excluding hydrogens is 136 g/mol. The summed E-state index contributed by atoms with van der Waals surface area (Å²) in [4.78, 5) is 10.2. The van der Waals surface area contributed by atoms with Gasteiger partial charge in [-0.15, -0.1) is 0 Å². The number of hydrogen-bond acceptors (Lipinski definition) is 1.